The van der Waals surface area contributed by atoms with Gasteiger partial charge in [0.2, 0.25) is 0 Å². The predicted octanol–water partition coefficient (Wildman–Crippen LogP) is 15.8. The van der Waals surface area contributed by atoms with Crippen LogP contribution in [0.3, 0.4) is 0 Å². The Morgan fingerprint density at radius 2 is 0.831 bits per heavy atom. The molecule has 59 heavy (non-hydrogen) atoms. The summed E-state index contributed by atoms with van der Waals surface area (Å²) in [6.45, 7) is 0. The van der Waals surface area contributed by atoms with Crippen molar-refractivity contribution in [3.8, 4) is 56.2 Å². The number of rotatable bonds is 5. The number of thiophene rings is 1. The molecule has 2 nitrogen and oxygen atoms in total. The van der Waals surface area contributed by atoms with Gasteiger partial charge >= 0.3 is 0 Å². The lowest BCUT2D eigenvalue weighted by Gasteiger charge is -2.19. The highest BCUT2D eigenvalue weighted by Gasteiger charge is 2.19. The Labute approximate surface area is 345 Å². The average molecular weight is 767 g/mol. The summed E-state index contributed by atoms with van der Waals surface area (Å²) in [4.78, 5) is 10.4. The minimum absolute atomic E-state index is 0.716. The zero-order valence-corrected chi connectivity index (χ0v) is 32.7. The van der Waals surface area contributed by atoms with E-state index in [1.807, 2.05) is 29.5 Å². The molecule has 0 amide bonds. The first kappa shape index (κ1) is 33.7. The van der Waals surface area contributed by atoms with E-state index in [1.165, 1.54) is 85.5 Å². The molecule has 0 aliphatic heterocycles. The SMILES string of the molecule is c1ccc(-c2nc(-c3ccc4cc(-c5c6ccccc6c(-c6ccccc6)c6ccc7ccccc7c56)ccc4c3)cc(-c3ccc4sc5ccccc5c4c3)n2)cc1. The minimum Gasteiger partial charge on any atom is -0.228 e. The van der Waals surface area contributed by atoms with Crippen molar-refractivity contribution in [2.75, 3.05) is 0 Å². The Kier molecular flexibility index (Phi) is 7.75. The highest BCUT2D eigenvalue weighted by Crippen LogP contribution is 2.47. The van der Waals surface area contributed by atoms with Gasteiger partial charge in [-0.15, -0.1) is 11.3 Å². The van der Waals surface area contributed by atoms with E-state index in [4.69, 9.17) is 9.97 Å². The molecular weight excluding hydrogens is 733 g/mol. The maximum atomic E-state index is 5.20. The van der Waals surface area contributed by atoms with Crippen molar-refractivity contribution in [2.45, 2.75) is 0 Å². The summed E-state index contributed by atoms with van der Waals surface area (Å²) >= 11 is 1.83. The molecule has 2 aromatic heterocycles. The number of aromatic nitrogens is 2. The van der Waals surface area contributed by atoms with Crippen LogP contribution < -0.4 is 0 Å². The van der Waals surface area contributed by atoms with Crippen molar-refractivity contribution in [1.29, 1.82) is 0 Å². The molecule has 0 unspecified atom stereocenters. The maximum Gasteiger partial charge on any atom is 0.160 e. The van der Waals surface area contributed by atoms with Crippen molar-refractivity contribution in [1.82, 2.24) is 9.97 Å². The number of nitrogens with zero attached hydrogens (tertiary/aromatic N) is 2. The fourth-order valence-corrected chi connectivity index (χ4v) is 10.2. The van der Waals surface area contributed by atoms with Crippen molar-refractivity contribution in [3.05, 3.63) is 206 Å². The van der Waals surface area contributed by atoms with Crippen LogP contribution in [0.2, 0.25) is 0 Å². The molecule has 0 fully saturated rings. The molecule has 10 aromatic carbocycles. The van der Waals surface area contributed by atoms with Gasteiger partial charge in [-0.1, -0.05) is 170 Å². The Morgan fingerprint density at radius 1 is 0.288 bits per heavy atom. The molecule has 12 aromatic rings. The molecule has 0 aliphatic carbocycles. The van der Waals surface area contributed by atoms with Gasteiger partial charge in [0.25, 0.3) is 0 Å². The van der Waals surface area contributed by atoms with Crippen LogP contribution in [0, 0.1) is 0 Å². The normalized spacial score (nSPS) is 11.7. The van der Waals surface area contributed by atoms with Crippen LogP contribution in [0.5, 0.6) is 0 Å². The summed E-state index contributed by atoms with van der Waals surface area (Å²) in [6, 6.07) is 74.7. The summed E-state index contributed by atoms with van der Waals surface area (Å²) < 4.78 is 2.58. The van der Waals surface area contributed by atoms with E-state index < -0.39 is 0 Å². The standard InChI is InChI=1S/C56H34N2S/c1-3-14-36(15-4-1)53-45-20-9-10-21-46(45)54(55-43-18-8-7-13-35(43)27-29-47(53)55)42-26-24-38-31-40(25-23-39(38)32-42)49-34-50(58-56(57-49)37-16-5-2-6-17-37)41-28-30-52-48(33-41)44-19-11-12-22-51(44)59-52/h1-34H. The van der Waals surface area contributed by atoms with Gasteiger partial charge in [0, 0.05) is 36.9 Å². The Morgan fingerprint density at radius 3 is 1.59 bits per heavy atom. The van der Waals surface area contributed by atoms with E-state index in [0.29, 0.717) is 5.82 Å². The monoisotopic (exact) mass is 766 g/mol. The van der Waals surface area contributed by atoms with E-state index in [2.05, 4.69) is 188 Å². The van der Waals surface area contributed by atoms with Crippen LogP contribution >= 0.6 is 11.3 Å². The van der Waals surface area contributed by atoms with Crippen LogP contribution in [-0.4, -0.2) is 9.97 Å². The summed E-state index contributed by atoms with van der Waals surface area (Å²) in [7, 11) is 0. The highest BCUT2D eigenvalue weighted by atomic mass is 32.1. The van der Waals surface area contributed by atoms with Gasteiger partial charge in [-0.3, -0.25) is 0 Å². The van der Waals surface area contributed by atoms with Crippen LogP contribution in [0.4, 0.5) is 0 Å². The first-order valence-electron chi connectivity index (χ1n) is 20.1. The van der Waals surface area contributed by atoms with E-state index >= 15 is 0 Å². The smallest absolute Gasteiger partial charge is 0.160 e. The zero-order valence-electron chi connectivity index (χ0n) is 31.9. The van der Waals surface area contributed by atoms with Crippen LogP contribution in [0.25, 0.3) is 119 Å². The second-order valence-corrected chi connectivity index (χ2v) is 16.4. The van der Waals surface area contributed by atoms with Gasteiger partial charge in [-0.25, -0.2) is 9.97 Å². The second kappa shape index (κ2) is 13.6. The molecule has 2 heterocycles. The Bertz CT molecular complexity index is 3610. The van der Waals surface area contributed by atoms with Crippen LogP contribution in [0.1, 0.15) is 0 Å². The van der Waals surface area contributed by atoms with E-state index in [-0.39, 0.29) is 0 Å². The third-order valence-electron chi connectivity index (χ3n) is 11.8. The predicted molar refractivity (Wildman–Crippen MR) is 252 cm³/mol. The van der Waals surface area contributed by atoms with Crippen molar-refractivity contribution in [3.63, 3.8) is 0 Å². The molecule has 274 valence electrons. The molecular formula is C56H34N2S. The number of hydrogen-bond donors (Lipinski definition) is 0. The third-order valence-corrected chi connectivity index (χ3v) is 13.0. The van der Waals surface area contributed by atoms with E-state index in [1.54, 1.807) is 0 Å². The Hall–Kier alpha value is -7.46. The van der Waals surface area contributed by atoms with E-state index in [0.717, 1.165) is 28.1 Å². The average Bonchev–Trinajstić information content (AvgIpc) is 3.69. The first-order chi connectivity index (χ1) is 29.2. The molecule has 0 aliphatic rings. The maximum absolute atomic E-state index is 5.20. The van der Waals surface area contributed by atoms with Crippen molar-refractivity contribution < 1.29 is 0 Å². The van der Waals surface area contributed by atoms with Gasteiger partial charge in [0.1, 0.15) is 0 Å². The molecule has 0 radical (unpaired) electrons. The van der Waals surface area contributed by atoms with Gasteiger partial charge < -0.3 is 0 Å². The summed E-state index contributed by atoms with van der Waals surface area (Å²) in [5.74, 6) is 0.716. The second-order valence-electron chi connectivity index (χ2n) is 15.3. The molecule has 12 rings (SSSR count). The fourth-order valence-electron chi connectivity index (χ4n) is 9.07. The van der Waals surface area contributed by atoms with Gasteiger partial charge in [0.15, 0.2) is 5.82 Å². The number of fused-ring (bicyclic) bond motifs is 8. The molecule has 0 saturated carbocycles. The van der Waals surface area contributed by atoms with Gasteiger partial charge in [0.05, 0.1) is 11.4 Å². The lowest BCUT2D eigenvalue weighted by atomic mass is 9.83. The molecule has 0 spiro atoms. The lowest BCUT2D eigenvalue weighted by molar-refractivity contribution is 1.18. The zero-order chi connectivity index (χ0) is 38.9. The third kappa shape index (κ3) is 5.62. The molecule has 0 saturated heterocycles. The lowest BCUT2D eigenvalue weighted by Crippen LogP contribution is -1.96. The van der Waals surface area contributed by atoms with Crippen LogP contribution in [0.15, 0.2) is 206 Å². The Balaban J connectivity index is 1.03. The van der Waals surface area contributed by atoms with Gasteiger partial charge in [-0.05, 0) is 102 Å². The fraction of sp³-hybridized carbons (Fsp3) is 0. The van der Waals surface area contributed by atoms with Crippen LogP contribution in [-0.2, 0) is 0 Å². The summed E-state index contributed by atoms with van der Waals surface area (Å²) in [5, 5.41) is 12.4. The molecule has 0 N–H and O–H groups in total. The van der Waals surface area contributed by atoms with Crippen molar-refractivity contribution in [2.24, 2.45) is 0 Å². The van der Waals surface area contributed by atoms with E-state index in [9.17, 15) is 0 Å². The topological polar surface area (TPSA) is 25.8 Å². The first-order valence-corrected chi connectivity index (χ1v) is 20.9. The molecule has 0 bridgehead atoms. The number of hydrogen-bond acceptors (Lipinski definition) is 3. The number of benzene rings is 10. The quantitative estimate of drug-likeness (QED) is 0.129. The van der Waals surface area contributed by atoms with Crippen molar-refractivity contribution >= 4 is 74.6 Å². The minimum atomic E-state index is 0.716. The molecule has 3 heteroatoms. The highest BCUT2D eigenvalue weighted by molar-refractivity contribution is 7.25. The molecule has 0 atom stereocenters. The largest absolute Gasteiger partial charge is 0.228 e. The summed E-state index contributed by atoms with van der Waals surface area (Å²) in [5.41, 5.74) is 9.91. The van der Waals surface area contributed by atoms with Gasteiger partial charge in [-0.2, -0.15) is 0 Å². The summed E-state index contributed by atoms with van der Waals surface area (Å²) in [6.07, 6.45) is 0.